The average Bonchev–Trinajstić information content (AvgIpc) is 3.07. The maximum Gasteiger partial charge on any atom is 0.272 e. The first kappa shape index (κ1) is 16.3. The Morgan fingerprint density at radius 1 is 1.16 bits per heavy atom. The first-order valence-electron chi connectivity index (χ1n) is 9.42. The third kappa shape index (κ3) is 3.93. The number of benzene rings is 1. The number of hydrogen-bond donors (Lipinski definition) is 1. The molecule has 1 aliphatic carbocycles. The van der Waals surface area contributed by atoms with Gasteiger partial charge in [-0.3, -0.25) is 14.4 Å². The van der Waals surface area contributed by atoms with Crippen LogP contribution in [0.2, 0.25) is 0 Å². The predicted octanol–water partition coefficient (Wildman–Crippen LogP) is 2.96. The van der Waals surface area contributed by atoms with E-state index in [0.717, 1.165) is 44.7 Å². The highest BCUT2D eigenvalue weighted by atomic mass is 16.2. The Hall–Kier alpha value is -2.14. The second-order valence-corrected chi connectivity index (χ2v) is 7.26. The van der Waals surface area contributed by atoms with Gasteiger partial charge in [0.25, 0.3) is 5.91 Å². The van der Waals surface area contributed by atoms with Crippen LogP contribution < -0.4 is 5.32 Å². The lowest BCUT2D eigenvalue weighted by Gasteiger charge is -2.27. The summed E-state index contributed by atoms with van der Waals surface area (Å²) in [6, 6.07) is 12.8. The first-order valence-corrected chi connectivity index (χ1v) is 9.42. The molecule has 1 aromatic carbocycles. The van der Waals surface area contributed by atoms with Crippen LogP contribution >= 0.6 is 0 Å². The molecule has 2 aromatic rings. The Kier molecular flexibility index (Phi) is 4.83. The summed E-state index contributed by atoms with van der Waals surface area (Å²) in [5.41, 5.74) is 3.05. The van der Waals surface area contributed by atoms with Crippen molar-refractivity contribution in [1.82, 2.24) is 20.0 Å². The van der Waals surface area contributed by atoms with E-state index < -0.39 is 0 Å². The Morgan fingerprint density at radius 2 is 1.96 bits per heavy atom. The van der Waals surface area contributed by atoms with Gasteiger partial charge in [-0.05, 0) is 24.5 Å². The number of nitrogens with one attached hydrogen (secondary N) is 1. The van der Waals surface area contributed by atoms with Crippen molar-refractivity contribution in [2.45, 2.75) is 57.8 Å². The van der Waals surface area contributed by atoms with Gasteiger partial charge in [-0.15, -0.1) is 0 Å². The normalized spacial score (nSPS) is 18.7. The average molecular weight is 338 g/mol. The predicted molar refractivity (Wildman–Crippen MR) is 97.1 cm³/mol. The maximum absolute atomic E-state index is 12.5. The van der Waals surface area contributed by atoms with E-state index in [4.69, 9.17) is 0 Å². The molecule has 1 aliphatic heterocycles. The molecule has 1 amide bonds. The zero-order valence-corrected chi connectivity index (χ0v) is 14.7. The Bertz CT molecular complexity index is 719. The molecular formula is C20H26N4O. The standard InChI is InChI=1S/C20H26N4O/c25-20(21-17-9-5-2-6-10-17)19-13-18-11-12-23(15-24(18)22-19)14-16-7-3-1-4-8-16/h1,3-4,7-8,13,17H,2,5-6,9-12,14-15H2,(H,21,25). The molecule has 0 atom stereocenters. The minimum atomic E-state index is -0.0107. The van der Waals surface area contributed by atoms with Crippen LogP contribution in [-0.2, 0) is 19.6 Å². The van der Waals surface area contributed by atoms with Crippen LogP contribution in [0.4, 0.5) is 0 Å². The summed E-state index contributed by atoms with van der Waals surface area (Å²) in [7, 11) is 0. The van der Waals surface area contributed by atoms with E-state index in [9.17, 15) is 4.79 Å². The van der Waals surface area contributed by atoms with Gasteiger partial charge in [-0.25, -0.2) is 0 Å². The van der Waals surface area contributed by atoms with E-state index in [2.05, 4.69) is 39.6 Å². The van der Waals surface area contributed by atoms with Gasteiger partial charge in [0.2, 0.25) is 0 Å². The highest BCUT2D eigenvalue weighted by Gasteiger charge is 2.23. The lowest BCUT2D eigenvalue weighted by atomic mass is 9.95. The van der Waals surface area contributed by atoms with Gasteiger partial charge in [0.1, 0.15) is 0 Å². The minimum Gasteiger partial charge on any atom is -0.348 e. The van der Waals surface area contributed by atoms with Crippen molar-refractivity contribution in [3.63, 3.8) is 0 Å². The molecule has 25 heavy (non-hydrogen) atoms. The monoisotopic (exact) mass is 338 g/mol. The number of nitrogens with zero attached hydrogens (tertiary/aromatic N) is 3. The molecule has 5 heteroatoms. The molecule has 132 valence electrons. The molecule has 2 aliphatic rings. The van der Waals surface area contributed by atoms with E-state index >= 15 is 0 Å². The third-order valence-electron chi connectivity index (χ3n) is 5.30. The van der Waals surface area contributed by atoms with E-state index in [-0.39, 0.29) is 5.91 Å². The van der Waals surface area contributed by atoms with Crippen molar-refractivity contribution >= 4 is 5.91 Å². The van der Waals surface area contributed by atoms with Crippen LogP contribution in [0.3, 0.4) is 0 Å². The van der Waals surface area contributed by atoms with Gasteiger partial charge < -0.3 is 5.32 Å². The molecule has 0 unspecified atom stereocenters. The summed E-state index contributed by atoms with van der Waals surface area (Å²) in [6.45, 7) is 2.68. The quantitative estimate of drug-likeness (QED) is 0.932. The van der Waals surface area contributed by atoms with Crippen molar-refractivity contribution in [1.29, 1.82) is 0 Å². The van der Waals surface area contributed by atoms with Crippen molar-refractivity contribution in [3.8, 4) is 0 Å². The van der Waals surface area contributed by atoms with Crippen LogP contribution in [-0.4, -0.2) is 33.2 Å². The highest BCUT2D eigenvalue weighted by Crippen LogP contribution is 2.19. The minimum absolute atomic E-state index is 0.0107. The van der Waals surface area contributed by atoms with E-state index in [1.165, 1.54) is 24.8 Å². The SMILES string of the molecule is O=C(NC1CCCCC1)c1cc2n(n1)CN(Cc1ccccc1)CC2. The second kappa shape index (κ2) is 7.40. The van der Waals surface area contributed by atoms with E-state index in [1.54, 1.807) is 0 Å². The first-order chi connectivity index (χ1) is 12.3. The fraction of sp³-hybridized carbons (Fsp3) is 0.500. The lowest BCUT2D eigenvalue weighted by Crippen LogP contribution is -2.36. The van der Waals surface area contributed by atoms with Gasteiger partial charge in [0.05, 0.1) is 6.67 Å². The van der Waals surface area contributed by atoms with Crippen molar-refractivity contribution in [2.24, 2.45) is 0 Å². The van der Waals surface area contributed by atoms with Gasteiger partial charge in [-0.2, -0.15) is 5.10 Å². The molecule has 1 fully saturated rings. The molecule has 0 spiro atoms. The summed E-state index contributed by atoms with van der Waals surface area (Å²) in [6.07, 6.45) is 6.88. The summed E-state index contributed by atoms with van der Waals surface area (Å²) in [5, 5.41) is 7.74. The van der Waals surface area contributed by atoms with Crippen LogP contribution in [0.1, 0.15) is 53.8 Å². The molecular weight excluding hydrogens is 312 g/mol. The number of aromatic nitrogens is 2. The van der Waals surface area contributed by atoms with Crippen LogP contribution in [0.25, 0.3) is 0 Å². The number of rotatable bonds is 4. The number of hydrogen-bond acceptors (Lipinski definition) is 3. The van der Waals surface area contributed by atoms with Crippen molar-refractivity contribution < 1.29 is 4.79 Å². The highest BCUT2D eigenvalue weighted by molar-refractivity contribution is 5.92. The van der Waals surface area contributed by atoms with Crippen LogP contribution in [0.15, 0.2) is 36.4 Å². The van der Waals surface area contributed by atoms with Crippen molar-refractivity contribution in [3.05, 3.63) is 53.3 Å². The van der Waals surface area contributed by atoms with E-state index in [1.807, 2.05) is 16.8 Å². The van der Waals surface area contributed by atoms with Gasteiger partial charge in [0, 0.05) is 31.2 Å². The van der Waals surface area contributed by atoms with Crippen LogP contribution in [0.5, 0.6) is 0 Å². The van der Waals surface area contributed by atoms with Crippen LogP contribution in [0, 0.1) is 0 Å². The van der Waals surface area contributed by atoms with E-state index in [0.29, 0.717) is 11.7 Å². The fourth-order valence-corrected chi connectivity index (χ4v) is 3.90. The zero-order valence-electron chi connectivity index (χ0n) is 14.7. The molecule has 0 radical (unpaired) electrons. The molecule has 0 bridgehead atoms. The molecule has 5 nitrogen and oxygen atoms in total. The van der Waals surface area contributed by atoms with Gasteiger partial charge in [0.15, 0.2) is 5.69 Å². The maximum atomic E-state index is 12.5. The largest absolute Gasteiger partial charge is 0.348 e. The Labute approximate surface area is 149 Å². The summed E-state index contributed by atoms with van der Waals surface area (Å²) in [5.74, 6) is -0.0107. The fourth-order valence-electron chi connectivity index (χ4n) is 3.90. The molecule has 4 rings (SSSR count). The zero-order chi connectivity index (χ0) is 17.1. The summed E-state index contributed by atoms with van der Waals surface area (Å²) < 4.78 is 1.99. The number of amides is 1. The van der Waals surface area contributed by atoms with Gasteiger partial charge in [-0.1, -0.05) is 49.6 Å². The summed E-state index contributed by atoms with van der Waals surface area (Å²) in [4.78, 5) is 14.9. The smallest absolute Gasteiger partial charge is 0.272 e. The number of carbonyl (C=O) groups excluding carboxylic acids is 1. The van der Waals surface area contributed by atoms with Gasteiger partial charge >= 0.3 is 0 Å². The topological polar surface area (TPSA) is 50.2 Å². The molecule has 2 heterocycles. The molecule has 0 saturated heterocycles. The second-order valence-electron chi connectivity index (χ2n) is 7.26. The molecule has 1 N–H and O–H groups in total. The summed E-state index contributed by atoms with van der Waals surface area (Å²) >= 11 is 0. The lowest BCUT2D eigenvalue weighted by molar-refractivity contribution is 0.0920. The molecule has 1 saturated carbocycles. The van der Waals surface area contributed by atoms with Crippen molar-refractivity contribution in [2.75, 3.05) is 6.54 Å². The third-order valence-corrected chi connectivity index (χ3v) is 5.30. The Morgan fingerprint density at radius 3 is 2.76 bits per heavy atom. The number of carbonyl (C=O) groups is 1. The number of fused-ring (bicyclic) bond motifs is 1. The molecule has 1 aromatic heterocycles. The Balaban J connectivity index is 1.39.